The molecule has 0 amide bonds. The fraction of sp³-hybridized carbons (Fsp3) is 0.914. The second-order valence-electron chi connectivity index (χ2n) is 16.0. The second kappa shape index (κ2) is 15.7. The molecule has 284 valence electrons. The van der Waals surface area contributed by atoms with Crippen LogP contribution in [0.4, 0.5) is 0 Å². The number of nitrogens with two attached hydrogens (primary N) is 2. The molecule has 2 saturated heterocycles. The Morgan fingerprint density at radius 1 is 1.00 bits per heavy atom. The Morgan fingerprint density at radius 2 is 1.72 bits per heavy atom. The molecule has 11 unspecified atom stereocenters. The number of nitrogens with zero attached hydrogens (tertiary/aromatic N) is 1. The number of Topliss-reactive ketones (excluding diaryl/α,β-unsaturated/α-hetero) is 2. The highest BCUT2D eigenvalue weighted by molar-refractivity contribution is 6.00. The van der Waals surface area contributed by atoms with Crippen LogP contribution in [-0.2, 0) is 23.8 Å². The minimum atomic E-state index is -1.67. The average molecular weight is 710 g/mol. The summed E-state index contributed by atoms with van der Waals surface area (Å²) in [6, 6.07) is 0. The third-order valence-electron chi connectivity index (χ3n) is 13.5. The normalized spacial score (nSPS) is 46.7. The summed E-state index contributed by atoms with van der Waals surface area (Å²) in [5.41, 5.74) is 12.3. The number of guanidine groups is 1. The Balaban J connectivity index is 1.29. The summed E-state index contributed by atoms with van der Waals surface area (Å²) in [6.07, 6.45) is -1.88. The molecule has 2 aliphatic heterocycles. The van der Waals surface area contributed by atoms with Crippen LogP contribution < -0.4 is 22.1 Å². The first-order chi connectivity index (χ1) is 23.9. The number of carbonyl (C=O) groups is 2. The maximum atomic E-state index is 14.7. The third kappa shape index (κ3) is 7.12. The molecular weight excluding hydrogens is 650 g/mol. The summed E-state index contributed by atoms with van der Waals surface area (Å²) in [6.45, 7) is 0.510. The monoisotopic (exact) mass is 709 g/mol. The molecule has 2 heterocycles. The van der Waals surface area contributed by atoms with Crippen molar-refractivity contribution in [3.8, 4) is 0 Å². The summed E-state index contributed by atoms with van der Waals surface area (Å²) in [7, 11) is 3.11. The largest absolute Gasteiger partial charge is 0.394 e. The van der Waals surface area contributed by atoms with Gasteiger partial charge in [0.1, 0.15) is 36.0 Å². The van der Waals surface area contributed by atoms with E-state index in [9.17, 15) is 35.1 Å². The van der Waals surface area contributed by atoms with Crippen LogP contribution in [0.2, 0.25) is 0 Å². The van der Waals surface area contributed by atoms with Crippen LogP contribution in [-0.4, -0.2) is 132 Å². The maximum Gasteiger partial charge on any atom is 0.188 e. The summed E-state index contributed by atoms with van der Waals surface area (Å²) in [4.78, 5) is 33.4. The number of hydrogen-bond donors (Lipinski definition) is 9. The molecule has 0 bridgehead atoms. The molecule has 4 aliphatic carbocycles. The third-order valence-corrected chi connectivity index (χ3v) is 13.5. The highest BCUT2D eigenvalue weighted by Crippen LogP contribution is 2.56. The Kier molecular flexibility index (Phi) is 11.9. The molecule has 4 saturated carbocycles. The van der Waals surface area contributed by atoms with E-state index in [2.05, 4.69) is 15.6 Å². The van der Waals surface area contributed by atoms with E-state index >= 15 is 0 Å². The summed E-state index contributed by atoms with van der Waals surface area (Å²) >= 11 is 0. The Hall–Kier alpha value is -1.79. The van der Waals surface area contributed by atoms with Gasteiger partial charge >= 0.3 is 0 Å². The molecule has 16 atom stereocenters. The van der Waals surface area contributed by atoms with Gasteiger partial charge in [-0.25, -0.2) is 0 Å². The number of nitrogens with one attached hydrogen (secondary N) is 2. The van der Waals surface area contributed by atoms with Crippen LogP contribution in [0.5, 0.6) is 0 Å². The molecule has 15 nitrogen and oxygen atoms in total. The van der Waals surface area contributed by atoms with Crippen LogP contribution in [0.1, 0.15) is 64.2 Å². The number of ether oxygens (including phenoxy) is 3. The van der Waals surface area contributed by atoms with Crippen LogP contribution in [0.15, 0.2) is 4.99 Å². The van der Waals surface area contributed by atoms with E-state index in [4.69, 9.17) is 25.7 Å². The predicted octanol–water partition coefficient (Wildman–Crippen LogP) is -1.64. The lowest BCUT2D eigenvalue weighted by molar-refractivity contribution is -0.319. The molecule has 50 heavy (non-hydrogen) atoms. The zero-order valence-electron chi connectivity index (χ0n) is 29.3. The lowest BCUT2D eigenvalue weighted by atomic mass is 9.51. The van der Waals surface area contributed by atoms with Gasteiger partial charge in [-0.1, -0.05) is 12.8 Å². The lowest BCUT2D eigenvalue weighted by Gasteiger charge is -2.54. The molecule has 15 heteroatoms. The first-order valence-electron chi connectivity index (χ1n) is 18.6. The van der Waals surface area contributed by atoms with Gasteiger partial charge in [0.25, 0.3) is 0 Å². The zero-order valence-corrected chi connectivity index (χ0v) is 29.3. The minimum Gasteiger partial charge on any atom is -0.394 e. The van der Waals surface area contributed by atoms with Gasteiger partial charge in [-0.15, -0.1) is 0 Å². The van der Waals surface area contributed by atoms with E-state index in [0.717, 1.165) is 51.5 Å². The van der Waals surface area contributed by atoms with Gasteiger partial charge in [0.05, 0.1) is 42.9 Å². The number of piperidine rings is 1. The van der Waals surface area contributed by atoms with Crippen LogP contribution in [0.3, 0.4) is 0 Å². The first kappa shape index (κ1) is 38.0. The molecule has 6 fully saturated rings. The standard InChI is InChI=1S/C35H59N5O10/c1-38-34(37)40-14-21-16(12-35(7-3-4-8-35)17-5-6-24(36)39-13-17)9-19-26(28(21)43)30(45)25-20(27(19)42)10-18(48-2)11-22(25)49-33-32(47)31(46)29(44)23(15-41)50-33/h16-26,28-29,31-33,39,41,43-44,46-47H,3-15,36H2,1-2H3,(H3,37,38,40)/t16?,17?,18?,19?,20?,21?,22?,23-,24?,25?,26?,28?,29-,31+,32-,33+/m1/s1. The highest BCUT2D eigenvalue weighted by atomic mass is 16.7. The summed E-state index contributed by atoms with van der Waals surface area (Å²) in [5.74, 6) is -3.40. The minimum absolute atomic E-state index is 0.00558. The van der Waals surface area contributed by atoms with Gasteiger partial charge < -0.3 is 61.8 Å². The number of methoxy groups -OCH3 is 1. The molecular formula is C35H59N5O10. The Labute approximate surface area is 293 Å². The van der Waals surface area contributed by atoms with Crippen molar-refractivity contribution in [1.82, 2.24) is 10.6 Å². The molecule has 6 rings (SSSR count). The molecule has 0 aromatic rings. The zero-order chi connectivity index (χ0) is 35.9. The van der Waals surface area contributed by atoms with Crippen LogP contribution in [0.25, 0.3) is 0 Å². The summed E-state index contributed by atoms with van der Waals surface area (Å²) in [5, 5.41) is 60.0. The van der Waals surface area contributed by atoms with Gasteiger partial charge in [0, 0.05) is 44.9 Å². The van der Waals surface area contributed by atoms with E-state index < -0.39 is 79.3 Å². The van der Waals surface area contributed by atoms with Gasteiger partial charge in [0.15, 0.2) is 12.2 Å². The van der Waals surface area contributed by atoms with E-state index in [0.29, 0.717) is 25.3 Å². The van der Waals surface area contributed by atoms with Crippen molar-refractivity contribution in [2.75, 3.05) is 33.9 Å². The van der Waals surface area contributed by atoms with Crippen molar-refractivity contribution >= 4 is 17.5 Å². The maximum absolute atomic E-state index is 14.7. The quantitative estimate of drug-likeness (QED) is 0.0963. The molecule has 6 aliphatic rings. The van der Waals surface area contributed by atoms with Gasteiger partial charge in [-0.05, 0) is 68.7 Å². The average Bonchev–Trinajstić information content (AvgIpc) is 3.59. The Bertz CT molecular complexity index is 1230. The number of fused-ring (bicyclic) bond motifs is 2. The number of aliphatic hydroxyl groups is 5. The predicted molar refractivity (Wildman–Crippen MR) is 180 cm³/mol. The molecule has 0 radical (unpaired) electrons. The van der Waals surface area contributed by atoms with Crippen LogP contribution in [0, 0.1) is 46.8 Å². The fourth-order valence-electron chi connectivity index (χ4n) is 10.7. The Morgan fingerprint density at radius 3 is 2.36 bits per heavy atom. The number of ketones is 2. The van der Waals surface area contributed by atoms with Gasteiger partial charge in [0.2, 0.25) is 0 Å². The first-order valence-corrected chi connectivity index (χ1v) is 18.6. The summed E-state index contributed by atoms with van der Waals surface area (Å²) < 4.78 is 17.6. The van der Waals surface area contributed by atoms with Crippen molar-refractivity contribution in [3.05, 3.63) is 0 Å². The molecule has 0 spiro atoms. The number of carbonyl (C=O) groups excluding carboxylic acids is 2. The molecule has 0 aromatic carbocycles. The smallest absolute Gasteiger partial charge is 0.188 e. The number of rotatable bonds is 9. The van der Waals surface area contributed by atoms with E-state index in [1.165, 1.54) is 7.11 Å². The fourth-order valence-corrected chi connectivity index (χ4v) is 10.7. The lowest BCUT2D eigenvalue weighted by Crippen LogP contribution is -2.64. The highest BCUT2D eigenvalue weighted by Gasteiger charge is 2.62. The number of aliphatic hydroxyl groups excluding tert-OH is 5. The van der Waals surface area contributed by atoms with Gasteiger partial charge in [-0.3, -0.25) is 14.6 Å². The van der Waals surface area contributed by atoms with E-state index in [1.54, 1.807) is 7.05 Å². The van der Waals surface area contributed by atoms with Crippen LogP contribution >= 0.6 is 0 Å². The topological polar surface area (TPSA) is 251 Å². The number of aliphatic imine (C=N–C) groups is 1. The van der Waals surface area contributed by atoms with Crippen molar-refractivity contribution in [2.45, 2.75) is 119 Å². The van der Waals surface area contributed by atoms with Crippen molar-refractivity contribution in [3.63, 3.8) is 0 Å². The molecule has 11 N–H and O–H groups in total. The van der Waals surface area contributed by atoms with E-state index in [-0.39, 0.29) is 47.4 Å². The van der Waals surface area contributed by atoms with Crippen molar-refractivity contribution in [2.24, 2.45) is 63.3 Å². The SMILES string of the molecule is CN=C(N)NCC1C(CC2(C3CCC(N)NC3)CCCC2)CC2C(=O)C3CC(OC)CC(O[C@H]4O[C@H](CO)[C@@H](O)[C@H](O)[C@H]4O)C3C(=O)C2C1O. The second-order valence-corrected chi connectivity index (χ2v) is 16.0. The van der Waals surface area contributed by atoms with Crippen molar-refractivity contribution < 1.29 is 49.3 Å². The van der Waals surface area contributed by atoms with Crippen molar-refractivity contribution in [1.29, 1.82) is 0 Å². The van der Waals surface area contributed by atoms with E-state index in [1.807, 2.05) is 0 Å². The molecule has 0 aromatic heterocycles. The van der Waals surface area contributed by atoms with Gasteiger partial charge in [-0.2, -0.15) is 0 Å². The number of hydrogen-bond acceptors (Lipinski definition) is 13.